The second-order valence-corrected chi connectivity index (χ2v) is 4.86. The van der Waals surface area contributed by atoms with Gasteiger partial charge in [0.05, 0.1) is 28.3 Å². The molecule has 5 nitrogen and oxygen atoms in total. The number of nitrogens with zero attached hydrogens (tertiary/aromatic N) is 2. The molecule has 0 unspecified atom stereocenters. The summed E-state index contributed by atoms with van der Waals surface area (Å²) in [6.45, 7) is 1.83. The van der Waals surface area contributed by atoms with E-state index in [1.165, 1.54) is 0 Å². The molecule has 0 bridgehead atoms. The fourth-order valence-electron chi connectivity index (χ4n) is 1.68. The number of aryl methyl sites for hydroxylation is 1. The van der Waals surface area contributed by atoms with Gasteiger partial charge in [0.15, 0.2) is 0 Å². The second-order valence-electron chi connectivity index (χ2n) is 3.91. The summed E-state index contributed by atoms with van der Waals surface area (Å²) in [5.74, 6) is -0.206. The van der Waals surface area contributed by atoms with Gasteiger partial charge in [-0.15, -0.1) is 11.3 Å². The Kier molecular flexibility index (Phi) is 2.56. The Morgan fingerprint density at radius 3 is 3.11 bits per heavy atom. The summed E-state index contributed by atoms with van der Waals surface area (Å²) in [4.78, 5) is 16.2. The van der Waals surface area contributed by atoms with Crippen molar-refractivity contribution >= 4 is 33.1 Å². The van der Waals surface area contributed by atoms with Crippen molar-refractivity contribution < 1.29 is 4.79 Å². The first kappa shape index (κ1) is 10.9. The van der Waals surface area contributed by atoms with Crippen LogP contribution in [0.25, 0.3) is 10.2 Å². The van der Waals surface area contributed by atoms with Crippen LogP contribution in [0.15, 0.2) is 29.9 Å². The molecule has 0 spiro atoms. The number of aromatic nitrogens is 3. The van der Waals surface area contributed by atoms with E-state index in [0.717, 1.165) is 15.8 Å². The summed E-state index contributed by atoms with van der Waals surface area (Å²) in [5.41, 5.74) is 2.92. The number of pyridine rings is 1. The lowest BCUT2D eigenvalue weighted by Gasteiger charge is -2.03. The summed E-state index contributed by atoms with van der Waals surface area (Å²) in [6.07, 6.45) is 3.27. The Balaban J connectivity index is 1.88. The van der Waals surface area contributed by atoms with Gasteiger partial charge in [0.2, 0.25) is 0 Å². The van der Waals surface area contributed by atoms with E-state index >= 15 is 0 Å². The average Bonchev–Trinajstić information content (AvgIpc) is 2.96. The summed E-state index contributed by atoms with van der Waals surface area (Å²) in [5, 5.41) is 11.3. The van der Waals surface area contributed by atoms with Crippen molar-refractivity contribution in [2.24, 2.45) is 0 Å². The minimum Gasteiger partial charge on any atom is -0.319 e. The van der Waals surface area contributed by atoms with Crippen LogP contribution in [0.2, 0.25) is 0 Å². The zero-order chi connectivity index (χ0) is 12.5. The highest BCUT2D eigenvalue weighted by molar-refractivity contribution is 7.17. The minimum absolute atomic E-state index is 0.206. The Bertz CT molecular complexity index is 716. The lowest BCUT2D eigenvalue weighted by Crippen LogP contribution is -2.13. The van der Waals surface area contributed by atoms with Crippen molar-refractivity contribution in [1.29, 1.82) is 0 Å². The van der Waals surface area contributed by atoms with Gasteiger partial charge in [-0.1, -0.05) is 0 Å². The minimum atomic E-state index is -0.206. The molecule has 3 aromatic rings. The Morgan fingerprint density at radius 2 is 2.33 bits per heavy atom. The number of carbonyl (C=O) groups is 1. The fourth-order valence-corrected chi connectivity index (χ4v) is 2.46. The van der Waals surface area contributed by atoms with Crippen LogP contribution in [0.3, 0.4) is 0 Å². The van der Waals surface area contributed by atoms with Crippen molar-refractivity contribution in [2.45, 2.75) is 6.92 Å². The number of aromatic amines is 1. The summed E-state index contributed by atoms with van der Waals surface area (Å²) in [7, 11) is 0. The number of rotatable bonds is 2. The molecule has 0 aromatic carbocycles. The van der Waals surface area contributed by atoms with Crippen LogP contribution in [0.1, 0.15) is 16.1 Å². The number of hydrogen-bond acceptors (Lipinski definition) is 4. The van der Waals surface area contributed by atoms with E-state index in [2.05, 4.69) is 20.5 Å². The van der Waals surface area contributed by atoms with E-state index in [0.29, 0.717) is 11.4 Å². The van der Waals surface area contributed by atoms with Crippen LogP contribution in [-0.2, 0) is 0 Å². The van der Waals surface area contributed by atoms with Crippen molar-refractivity contribution in [3.8, 4) is 0 Å². The number of carbonyl (C=O) groups excluding carboxylic acids is 1. The van der Waals surface area contributed by atoms with Gasteiger partial charge >= 0.3 is 0 Å². The molecule has 0 saturated heterocycles. The maximum absolute atomic E-state index is 12.0. The van der Waals surface area contributed by atoms with Crippen molar-refractivity contribution in [3.05, 3.63) is 41.2 Å². The molecular formula is C12H10N4OS. The largest absolute Gasteiger partial charge is 0.319 e. The topological polar surface area (TPSA) is 70.7 Å². The zero-order valence-corrected chi connectivity index (χ0v) is 10.4. The molecule has 18 heavy (non-hydrogen) atoms. The van der Waals surface area contributed by atoms with Crippen LogP contribution < -0.4 is 5.32 Å². The van der Waals surface area contributed by atoms with Crippen LogP contribution in [-0.4, -0.2) is 21.1 Å². The van der Waals surface area contributed by atoms with Gasteiger partial charge in [0, 0.05) is 0 Å². The molecule has 1 amide bonds. The van der Waals surface area contributed by atoms with Crippen LogP contribution in [0.5, 0.6) is 0 Å². The molecule has 6 heteroatoms. The predicted molar refractivity (Wildman–Crippen MR) is 70.9 cm³/mol. The molecule has 0 atom stereocenters. The summed E-state index contributed by atoms with van der Waals surface area (Å²) >= 11 is 1.60. The molecule has 3 aromatic heterocycles. The van der Waals surface area contributed by atoms with E-state index in [-0.39, 0.29) is 5.91 Å². The van der Waals surface area contributed by atoms with Gasteiger partial charge in [-0.3, -0.25) is 14.9 Å². The number of nitrogens with one attached hydrogen (secondary N) is 2. The first-order valence-electron chi connectivity index (χ1n) is 5.38. The van der Waals surface area contributed by atoms with E-state index in [4.69, 9.17) is 0 Å². The molecule has 0 aliphatic carbocycles. The Labute approximate surface area is 107 Å². The molecule has 3 rings (SSSR count). The number of thiophene rings is 1. The molecule has 0 saturated carbocycles. The Hall–Kier alpha value is -2.21. The van der Waals surface area contributed by atoms with Crippen LogP contribution in [0, 0.1) is 6.92 Å². The number of amides is 1. The lowest BCUT2D eigenvalue weighted by atomic mass is 10.2. The van der Waals surface area contributed by atoms with Crippen LogP contribution >= 0.6 is 11.3 Å². The highest BCUT2D eigenvalue weighted by atomic mass is 32.1. The average molecular weight is 258 g/mol. The fraction of sp³-hybridized carbons (Fsp3) is 0.0833. The maximum atomic E-state index is 12.0. The van der Waals surface area contributed by atoms with Gasteiger partial charge in [0.25, 0.3) is 5.91 Å². The number of fused-ring (bicyclic) bond motifs is 1. The number of H-pyrrole nitrogens is 1. The summed E-state index contributed by atoms with van der Waals surface area (Å²) < 4.78 is 1.05. The molecule has 3 heterocycles. The molecule has 2 N–H and O–H groups in total. The monoisotopic (exact) mass is 258 g/mol. The molecule has 0 aliphatic heterocycles. The quantitative estimate of drug-likeness (QED) is 0.742. The SMILES string of the molecule is Cc1cn[nH]c1C(=O)Nc1cnc2ccsc2c1. The third-order valence-electron chi connectivity index (χ3n) is 2.62. The van der Waals surface area contributed by atoms with Gasteiger partial charge in [-0.25, -0.2) is 0 Å². The standard InChI is InChI=1S/C12H10N4OS/c1-7-5-14-16-11(7)12(17)15-8-4-10-9(13-6-8)2-3-18-10/h2-6H,1H3,(H,14,16)(H,15,17). The number of anilines is 1. The van der Waals surface area contributed by atoms with Gasteiger partial charge in [0.1, 0.15) is 5.69 Å². The van der Waals surface area contributed by atoms with Gasteiger partial charge in [-0.2, -0.15) is 5.10 Å². The van der Waals surface area contributed by atoms with Gasteiger partial charge in [-0.05, 0) is 30.0 Å². The maximum Gasteiger partial charge on any atom is 0.273 e. The smallest absolute Gasteiger partial charge is 0.273 e. The van der Waals surface area contributed by atoms with E-state index in [1.54, 1.807) is 23.7 Å². The lowest BCUT2D eigenvalue weighted by molar-refractivity contribution is 0.102. The first-order valence-corrected chi connectivity index (χ1v) is 6.26. The molecule has 0 aliphatic rings. The van der Waals surface area contributed by atoms with Crippen molar-refractivity contribution in [3.63, 3.8) is 0 Å². The molecular weight excluding hydrogens is 248 g/mol. The highest BCUT2D eigenvalue weighted by Crippen LogP contribution is 2.22. The molecule has 0 radical (unpaired) electrons. The highest BCUT2D eigenvalue weighted by Gasteiger charge is 2.11. The molecule has 90 valence electrons. The summed E-state index contributed by atoms with van der Waals surface area (Å²) in [6, 6.07) is 3.86. The number of hydrogen-bond donors (Lipinski definition) is 2. The second kappa shape index (κ2) is 4.23. The van der Waals surface area contributed by atoms with E-state index in [9.17, 15) is 4.79 Å². The van der Waals surface area contributed by atoms with Crippen molar-refractivity contribution in [2.75, 3.05) is 5.32 Å². The van der Waals surface area contributed by atoms with E-state index in [1.807, 2.05) is 24.4 Å². The molecule has 0 fully saturated rings. The van der Waals surface area contributed by atoms with E-state index < -0.39 is 0 Å². The predicted octanol–water partition coefficient (Wildman–Crippen LogP) is 2.58. The normalized spacial score (nSPS) is 10.7. The van der Waals surface area contributed by atoms with Gasteiger partial charge < -0.3 is 5.32 Å². The third kappa shape index (κ3) is 1.86. The third-order valence-corrected chi connectivity index (χ3v) is 3.47. The van der Waals surface area contributed by atoms with Crippen molar-refractivity contribution in [1.82, 2.24) is 15.2 Å². The Morgan fingerprint density at radius 1 is 1.44 bits per heavy atom. The first-order chi connectivity index (χ1) is 8.74. The zero-order valence-electron chi connectivity index (χ0n) is 9.60. The van der Waals surface area contributed by atoms with Crippen LogP contribution in [0.4, 0.5) is 5.69 Å².